The first kappa shape index (κ1) is 26.7. The molecule has 0 amide bonds. The predicted octanol–water partition coefficient (Wildman–Crippen LogP) is 7.79. The summed E-state index contributed by atoms with van der Waals surface area (Å²) in [5, 5.41) is 0. The monoisotopic (exact) mass is 422 g/mol. The van der Waals surface area contributed by atoms with Crippen molar-refractivity contribution in [2.75, 3.05) is 0 Å². The number of carbonyl (C=O) groups is 2. The van der Waals surface area contributed by atoms with Crippen LogP contribution in [0.5, 0.6) is 0 Å². The first-order valence-electron chi connectivity index (χ1n) is 12.7. The van der Waals surface area contributed by atoms with E-state index in [0.717, 1.165) is 12.8 Å². The van der Waals surface area contributed by atoms with Crippen LogP contribution in [0.25, 0.3) is 0 Å². The van der Waals surface area contributed by atoms with Crippen LogP contribution in [0.1, 0.15) is 136 Å². The van der Waals surface area contributed by atoms with Crippen molar-refractivity contribution in [3.8, 4) is 0 Å². The third-order valence-electron chi connectivity index (χ3n) is 5.98. The lowest BCUT2D eigenvalue weighted by Gasteiger charge is -2.05. The van der Waals surface area contributed by atoms with Crippen LogP contribution in [-0.2, 0) is 19.1 Å². The van der Waals surface area contributed by atoms with Gasteiger partial charge in [-0.15, -0.1) is 0 Å². The van der Waals surface area contributed by atoms with Crippen molar-refractivity contribution in [3.05, 3.63) is 11.5 Å². The molecule has 0 aromatic heterocycles. The standard InChI is InChI=1S/C26H46O4/c1-4-6-7-8-9-10-11-12-13-14-15-16-17-18-19-20-21-24(27)30-26-22(3)29-23(5-2)25(26)28/h23H,4-21H2,1-3H3. The molecule has 30 heavy (non-hydrogen) atoms. The molecule has 174 valence electrons. The third kappa shape index (κ3) is 11.8. The van der Waals surface area contributed by atoms with Gasteiger partial charge >= 0.3 is 5.97 Å². The molecular weight excluding hydrogens is 376 g/mol. The zero-order valence-electron chi connectivity index (χ0n) is 19.9. The van der Waals surface area contributed by atoms with Crippen LogP contribution in [0.15, 0.2) is 11.5 Å². The Morgan fingerprint density at radius 3 is 1.60 bits per heavy atom. The summed E-state index contributed by atoms with van der Waals surface area (Å²) in [4.78, 5) is 24.0. The zero-order chi connectivity index (χ0) is 22.0. The molecule has 1 aliphatic heterocycles. The van der Waals surface area contributed by atoms with Crippen molar-refractivity contribution in [2.45, 2.75) is 142 Å². The molecule has 4 heteroatoms. The minimum absolute atomic E-state index is 0.114. The Morgan fingerprint density at radius 2 is 1.20 bits per heavy atom. The molecule has 0 saturated heterocycles. The molecule has 1 heterocycles. The smallest absolute Gasteiger partial charge is 0.311 e. The summed E-state index contributed by atoms with van der Waals surface area (Å²) in [7, 11) is 0. The molecule has 1 aliphatic rings. The van der Waals surface area contributed by atoms with E-state index < -0.39 is 6.10 Å². The van der Waals surface area contributed by atoms with Gasteiger partial charge in [0.15, 0.2) is 6.10 Å². The molecular formula is C26H46O4. The van der Waals surface area contributed by atoms with E-state index in [0.29, 0.717) is 18.6 Å². The molecule has 1 atom stereocenters. The van der Waals surface area contributed by atoms with Crippen molar-refractivity contribution in [3.63, 3.8) is 0 Å². The van der Waals surface area contributed by atoms with Crippen LogP contribution < -0.4 is 0 Å². The first-order valence-corrected chi connectivity index (χ1v) is 12.7. The highest BCUT2D eigenvalue weighted by Crippen LogP contribution is 2.25. The Balaban J connectivity index is 1.87. The van der Waals surface area contributed by atoms with Gasteiger partial charge in [-0.1, -0.05) is 110 Å². The van der Waals surface area contributed by atoms with Gasteiger partial charge in [-0.25, -0.2) is 0 Å². The number of Topliss-reactive ketones (excluding diaryl/α,β-unsaturated/α-hetero) is 1. The molecule has 0 aromatic carbocycles. The third-order valence-corrected chi connectivity index (χ3v) is 5.98. The van der Waals surface area contributed by atoms with Crippen LogP contribution in [0.4, 0.5) is 0 Å². The fourth-order valence-electron chi connectivity index (χ4n) is 4.01. The van der Waals surface area contributed by atoms with Crippen molar-refractivity contribution >= 4 is 11.8 Å². The molecule has 0 aliphatic carbocycles. The van der Waals surface area contributed by atoms with E-state index in [9.17, 15) is 9.59 Å². The Kier molecular flexibility index (Phi) is 15.5. The van der Waals surface area contributed by atoms with Gasteiger partial charge in [-0.2, -0.15) is 0 Å². The zero-order valence-corrected chi connectivity index (χ0v) is 19.9. The van der Waals surface area contributed by atoms with Gasteiger partial charge < -0.3 is 9.47 Å². The second-order valence-electron chi connectivity index (χ2n) is 8.79. The second-order valence-corrected chi connectivity index (χ2v) is 8.79. The molecule has 0 aromatic rings. The van der Waals surface area contributed by atoms with Crippen LogP contribution >= 0.6 is 0 Å². The lowest BCUT2D eigenvalue weighted by molar-refractivity contribution is -0.142. The van der Waals surface area contributed by atoms with Gasteiger partial charge in [0.1, 0.15) is 5.76 Å². The Morgan fingerprint density at radius 1 is 0.767 bits per heavy atom. The van der Waals surface area contributed by atoms with Gasteiger partial charge in [0, 0.05) is 6.42 Å². The maximum Gasteiger partial charge on any atom is 0.311 e. The minimum atomic E-state index is -0.483. The number of rotatable bonds is 19. The predicted molar refractivity (Wildman–Crippen MR) is 123 cm³/mol. The van der Waals surface area contributed by atoms with E-state index in [4.69, 9.17) is 9.47 Å². The number of ether oxygens (including phenoxy) is 2. The van der Waals surface area contributed by atoms with Crippen molar-refractivity contribution in [1.29, 1.82) is 0 Å². The second kappa shape index (κ2) is 17.4. The van der Waals surface area contributed by atoms with Gasteiger partial charge in [-0.3, -0.25) is 9.59 Å². The molecule has 0 spiro atoms. The largest absolute Gasteiger partial charge is 0.483 e. The summed E-state index contributed by atoms with van der Waals surface area (Å²) in [6, 6.07) is 0. The number of hydrogen-bond acceptors (Lipinski definition) is 4. The fourth-order valence-corrected chi connectivity index (χ4v) is 4.01. The van der Waals surface area contributed by atoms with E-state index in [-0.39, 0.29) is 17.5 Å². The summed E-state index contributed by atoms with van der Waals surface area (Å²) in [5.74, 6) is 0.0363. The van der Waals surface area contributed by atoms with Gasteiger partial charge in [0.2, 0.25) is 11.5 Å². The van der Waals surface area contributed by atoms with E-state index in [1.165, 1.54) is 89.9 Å². The highest BCUT2D eigenvalue weighted by molar-refractivity contribution is 6.01. The maximum atomic E-state index is 12.0. The number of ketones is 1. The topological polar surface area (TPSA) is 52.6 Å². The molecule has 1 unspecified atom stereocenters. The molecule has 0 bridgehead atoms. The Labute approximate surface area is 185 Å². The van der Waals surface area contributed by atoms with E-state index in [1.807, 2.05) is 6.92 Å². The van der Waals surface area contributed by atoms with E-state index in [2.05, 4.69) is 6.92 Å². The summed E-state index contributed by atoms with van der Waals surface area (Å²) in [6.07, 6.45) is 21.4. The summed E-state index contributed by atoms with van der Waals surface area (Å²) >= 11 is 0. The highest BCUT2D eigenvalue weighted by Gasteiger charge is 2.34. The van der Waals surface area contributed by atoms with Gasteiger partial charge in [0.25, 0.3) is 0 Å². The number of hydrogen-bond donors (Lipinski definition) is 0. The van der Waals surface area contributed by atoms with Crippen LogP contribution in [0.2, 0.25) is 0 Å². The molecule has 1 rings (SSSR count). The van der Waals surface area contributed by atoms with Gasteiger partial charge in [-0.05, 0) is 19.8 Å². The quantitative estimate of drug-likeness (QED) is 0.157. The lowest BCUT2D eigenvalue weighted by atomic mass is 10.0. The van der Waals surface area contributed by atoms with Crippen molar-refractivity contribution in [1.82, 2.24) is 0 Å². The maximum absolute atomic E-state index is 12.0. The number of allylic oxidation sites excluding steroid dienone is 1. The van der Waals surface area contributed by atoms with Crippen LogP contribution in [-0.4, -0.2) is 17.9 Å². The normalized spacial score (nSPS) is 16.2. The number of unbranched alkanes of at least 4 members (excludes halogenated alkanes) is 15. The average molecular weight is 423 g/mol. The van der Waals surface area contributed by atoms with Crippen molar-refractivity contribution in [2.24, 2.45) is 0 Å². The molecule has 0 saturated carbocycles. The van der Waals surface area contributed by atoms with E-state index >= 15 is 0 Å². The fraction of sp³-hybridized carbons (Fsp3) is 0.846. The molecule has 0 N–H and O–H groups in total. The Hall–Kier alpha value is -1.32. The SMILES string of the molecule is CCCCCCCCCCCCCCCCCCC(=O)OC1=C(C)OC(CC)C1=O. The highest BCUT2D eigenvalue weighted by atomic mass is 16.6. The van der Waals surface area contributed by atoms with Crippen molar-refractivity contribution < 1.29 is 19.1 Å². The molecule has 0 fully saturated rings. The van der Waals surface area contributed by atoms with Crippen LogP contribution in [0, 0.1) is 0 Å². The van der Waals surface area contributed by atoms with E-state index in [1.54, 1.807) is 6.92 Å². The summed E-state index contributed by atoms with van der Waals surface area (Å²) in [6.45, 7) is 5.84. The van der Waals surface area contributed by atoms with Gasteiger partial charge in [0.05, 0.1) is 0 Å². The van der Waals surface area contributed by atoms with Crippen LogP contribution in [0.3, 0.4) is 0 Å². The number of esters is 1. The minimum Gasteiger partial charge on any atom is -0.483 e. The summed E-state index contributed by atoms with van der Waals surface area (Å²) < 4.78 is 10.7. The summed E-state index contributed by atoms with van der Waals surface area (Å²) in [5.41, 5.74) is 0. The average Bonchev–Trinajstić information content (AvgIpc) is 3.01. The number of carbonyl (C=O) groups excluding carboxylic acids is 2. The molecule has 0 radical (unpaired) electrons. The first-order chi connectivity index (χ1) is 14.6. The molecule has 4 nitrogen and oxygen atoms in total. The Bertz CT molecular complexity index is 509. The lowest BCUT2D eigenvalue weighted by Crippen LogP contribution is -2.19.